The summed E-state index contributed by atoms with van der Waals surface area (Å²) in [5.74, 6) is 0.887. The molecule has 0 saturated carbocycles. The van der Waals surface area contributed by atoms with Crippen LogP contribution in [-0.4, -0.2) is 21.2 Å². The fourth-order valence-electron chi connectivity index (χ4n) is 3.43. The lowest BCUT2D eigenvalue weighted by Crippen LogP contribution is -2.32. The third-order valence-corrected chi connectivity index (χ3v) is 5.72. The van der Waals surface area contributed by atoms with Crippen molar-refractivity contribution in [3.8, 4) is 11.3 Å². The van der Waals surface area contributed by atoms with Crippen molar-refractivity contribution >= 4 is 46.6 Å². The molecule has 0 saturated heterocycles. The topological polar surface area (TPSA) is 83.0 Å². The Kier molecular flexibility index (Phi) is 7.25. The highest BCUT2D eigenvalue weighted by atomic mass is 35.5. The van der Waals surface area contributed by atoms with Crippen LogP contribution in [0.15, 0.2) is 71.2 Å². The lowest BCUT2D eigenvalue weighted by atomic mass is 10.0. The second kappa shape index (κ2) is 10.5. The molecule has 0 aliphatic rings. The van der Waals surface area contributed by atoms with E-state index in [1.165, 1.54) is 11.6 Å². The zero-order chi connectivity index (χ0) is 24.1. The molecule has 0 aliphatic heterocycles. The van der Waals surface area contributed by atoms with Crippen LogP contribution in [0.3, 0.4) is 0 Å². The highest BCUT2D eigenvalue weighted by molar-refractivity contribution is 7.80. The first-order chi connectivity index (χ1) is 16.4. The van der Waals surface area contributed by atoms with E-state index in [-0.39, 0.29) is 11.0 Å². The second-order valence-electron chi connectivity index (χ2n) is 7.77. The largest absolute Gasteiger partial charge is 0.457 e. The number of anilines is 1. The Morgan fingerprint density at radius 2 is 1.82 bits per heavy atom. The normalized spacial score (nSPS) is 11.0. The molecule has 1 amide bonds. The molecule has 6 nitrogen and oxygen atoms in total. The molecule has 0 aliphatic carbocycles. The average Bonchev–Trinajstić information content (AvgIpc) is 3.41. The fourth-order valence-corrected chi connectivity index (χ4v) is 3.77. The third kappa shape index (κ3) is 6.01. The van der Waals surface area contributed by atoms with Crippen LogP contribution in [0.1, 0.15) is 28.3 Å². The van der Waals surface area contributed by atoms with Gasteiger partial charge in [0.1, 0.15) is 11.5 Å². The van der Waals surface area contributed by atoms with E-state index in [1.807, 2.05) is 56.3 Å². The first-order valence-electron chi connectivity index (χ1n) is 10.6. The van der Waals surface area contributed by atoms with Crippen LogP contribution in [0.4, 0.5) is 5.69 Å². The predicted molar refractivity (Wildman–Crippen MR) is 140 cm³/mol. The fraction of sp³-hybridized carbons (Fsp3) is 0.115. The van der Waals surface area contributed by atoms with Crippen molar-refractivity contribution in [3.05, 3.63) is 100 Å². The average molecular weight is 491 g/mol. The molecule has 2 heterocycles. The number of furan rings is 1. The van der Waals surface area contributed by atoms with Gasteiger partial charge in [-0.25, -0.2) is 0 Å². The minimum atomic E-state index is -0.357. The van der Waals surface area contributed by atoms with E-state index in [2.05, 4.69) is 20.8 Å². The molecule has 0 radical (unpaired) electrons. The predicted octanol–water partition coefficient (Wildman–Crippen LogP) is 6.06. The van der Waals surface area contributed by atoms with Crippen molar-refractivity contribution < 1.29 is 9.21 Å². The SMILES string of the molecule is Cc1n[nH]c(C)c1Cc1ccc(NC(=S)NC(=O)/C=C/c2ccc(-c3ccc(Cl)cc3)o2)cc1. The quantitative estimate of drug-likeness (QED) is 0.226. The van der Waals surface area contributed by atoms with Gasteiger partial charge in [0.05, 0.1) is 5.69 Å². The molecule has 4 aromatic rings. The van der Waals surface area contributed by atoms with Gasteiger partial charge in [-0.15, -0.1) is 0 Å². The number of aryl methyl sites for hydroxylation is 2. The Bertz CT molecular complexity index is 1320. The first-order valence-corrected chi connectivity index (χ1v) is 11.4. The van der Waals surface area contributed by atoms with Gasteiger partial charge in [-0.1, -0.05) is 23.7 Å². The summed E-state index contributed by atoms with van der Waals surface area (Å²) in [5, 5.41) is 13.8. The highest BCUT2D eigenvalue weighted by Crippen LogP contribution is 2.24. The van der Waals surface area contributed by atoms with Crippen LogP contribution >= 0.6 is 23.8 Å². The molecule has 0 spiro atoms. The molecule has 3 N–H and O–H groups in total. The molecule has 2 aromatic carbocycles. The third-order valence-electron chi connectivity index (χ3n) is 5.26. The number of halogens is 1. The van der Waals surface area contributed by atoms with Gasteiger partial charge >= 0.3 is 0 Å². The number of H-pyrrole nitrogens is 1. The number of aromatic nitrogens is 2. The van der Waals surface area contributed by atoms with E-state index in [1.54, 1.807) is 24.3 Å². The van der Waals surface area contributed by atoms with Gasteiger partial charge < -0.3 is 9.73 Å². The molecule has 4 rings (SSSR count). The van der Waals surface area contributed by atoms with Gasteiger partial charge in [0.15, 0.2) is 5.11 Å². The number of aromatic amines is 1. The standard InChI is InChI=1S/C26H23ClN4O2S/c1-16-23(17(2)31-30-16)15-18-3-9-21(10-4-18)28-26(34)29-25(32)14-12-22-11-13-24(33-22)19-5-7-20(27)8-6-19/h3-14H,15H2,1-2H3,(H,30,31)(H2,28,29,32,34)/b14-12+. The molecule has 0 fully saturated rings. The summed E-state index contributed by atoms with van der Waals surface area (Å²) >= 11 is 11.2. The summed E-state index contributed by atoms with van der Waals surface area (Å²) in [4.78, 5) is 12.2. The zero-order valence-corrected chi connectivity index (χ0v) is 20.3. The summed E-state index contributed by atoms with van der Waals surface area (Å²) in [7, 11) is 0. The first kappa shape index (κ1) is 23.5. The summed E-state index contributed by atoms with van der Waals surface area (Å²) in [5.41, 5.74) is 6.14. The Morgan fingerprint density at radius 3 is 2.50 bits per heavy atom. The Hall–Kier alpha value is -3.68. The Morgan fingerprint density at radius 1 is 1.09 bits per heavy atom. The van der Waals surface area contributed by atoms with Gasteiger partial charge in [0.25, 0.3) is 0 Å². The number of carbonyl (C=O) groups excluding carboxylic acids is 1. The summed E-state index contributed by atoms with van der Waals surface area (Å²) in [6.45, 7) is 4.01. The number of carbonyl (C=O) groups is 1. The van der Waals surface area contributed by atoms with Crippen LogP contribution in [0.5, 0.6) is 0 Å². The summed E-state index contributed by atoms with van der Waals surface area (Å²) in [6.07, 6.45) is 3.76. The van der Waals surface area contributed by atoms with Crippen molar-refractivity contribution in [2.24, 2.45) is 0 Å². The highest BCUT2D eigenvalue weighted by Gasteiger charge is 2.08. The maximum absolute atomic E-state index is 12.2. The maximum Gasteiger partial charge on any atom is 0.250 e. The molecule has 0 bridgehead atoms. The molecule has 8 heteroatoms. The number of nitrogens with zero attached hydrogens (tertiary/aromatic N) is 1. The molecule has 172 valence electrons. The Labute approximate surface area is 208 Å². The lowest BCUT2D eigenvalue weighted by Gasteiger charge is -2.09. The number of nitrogens with one attached hydrogen (secondary N) is 3. The number of amides is 1. The number of hydrogen-bond acceptors (Lipinski definition) is 4. The van der Waals surface area contributed by atoms with Crippen LogP contribution in [-0.2, 0) is 11.2 Å². The number of hydrogen-bond donors (Lipinski definition) is 3. The minimum absolute atomic E-state index is 0.213. The Balaban J connectivity index is 1.29. The van der Waals surface area contributed by atoms with E-state index in [0.717, 1.165) is 34.6 Å². The molecule has 0 unspecified atom stereocenters. The second-order valence-corrected chi connectivity index (χ2v) is 8.62. The van der Waals surface area contributed by atoms with E-state index in [9.17, 15) is 4.79 Å². The van der Waals surface area contributed by atoms with E-state index in [4.69, 9.17) is 28.2 Å². The van der Waals surface area contributed by atoms with Gasteiger partial charge in [-0.05, 0) is 86.2 Å². The molecular weight excluding hydrogens is 468 g/mol. The molecule has 2 aromatic heterocycles. The van der Waals surface area contributed by atoms with Crippen molar-refractivity contribution in [3.63, 3.8) is 0 Å². The number of benzene rings is 2. The number of thiocarbonyl (C=S) groups is 1. The minimum Gasteiger partial charge on any atom is -0.457 e. The van der Waals surface area contributed by atoms with Crippen molar-refractivity contribution in [1.82, 2.24) is 15.5 Å². The monoisotopic (exact) mass is 490 g/mol. The number of rotatable bonds is 6. The zero-order valence-electron chi connectivity index (χ0n) is 18.7. The smallest absolute Gasteiger partial charge is 0.250 e. The van der Waals surface area contributed by atoms with Crippen LogP contribution < -0.4 is 10.6 Å². The van der Waals surface area contributed by atoms with Crippen molar-refractivity contribution in [2.75, 3.05) is 5.32 Å². The van der Waals surface area contributed by atoms with Crippen molar-refractivity contribution in [2.45, 2.75) is 20.3 Å². The summed E-state index contributed by atoms with van der Waals surface area (Å²) in [6, 6.07) is 18.9. The van der Waals surface area contributed by atoms with E-state index < -0.39 is 0 Å². The molecular formula is C26H23ClN4O2S. The van der Waals surface area contributed by atoms with E-state index >= 15 is 0 Å². The van der Waals surface area contributed by atoms with Gasteiger partial charge in [-0.3, -0.25) is 15.2 Å². The van der Waals surface area contributed by atoms with Crippen LogP contribution in [0, 0.1) is 13.8 Å². The van der Waals surface area contributed by atoms with Gasteiger partial charge in [-0.2, -0.15) is 5.10 Å². The van der Waals surface area contributed by atoms with Crippen molar-refractivity contribution in [1.29, 1.82) is 0 Å². The lowest BCUT2D eigenvalue weighted by molar-refractivity contribution is -0.115. The van der Waals surface area contributed by atoms with Gasteiger partial charge in [0, 0.05) is 40.0 Å². The molecule has 34 heavy (non-hydrogen) atoms. The van der Waals surface area contributed by atoms with Crippen LogP contribution in [0.25, 0.3) is 17.4 Å². The summed E-state index contributed by atoms with van der Waals surface area (Å²) < 4.78 is 5.76. The van der Waals surface area contributed by atoms with Crippen LogP contribution in [0.2, 0.25) is 5.02 Å². The van der Waals surface area contributed by atoms with Gasteiger partial charge in [0.2, 0.25) is 5.91 Å². The maximum atomic E-state index is 12.2. The van der Waals surface area contributed by atoms with E-state index in [0.29, 0.717) is 16.5 Å². The molecule has 0 atom stereocenters.